The molecule has 0 saturated carbocycles. The maximum Gasteiger partial charge on any atom is 0.213 e. The molecule has 1 aromatic heterocycles. The normalized spacial score (nSPS) is 21.1. The lowest BCUT2D eigenvalue weighted by molar-refractivity contribution is 0.251. The smallest absolute Gasteiger partial charge is 0.213 e. The molecule has 3 heteroatoms. The highest BCUT2D eigenvalue weighted by atomic mass is 16.5. The molecule has 1 aromatic rings. The summed E-state index contributed by atoms with van der Waals surface area (Å²) in [5, 5.41) is 3.32. The van der Waals surface area contributed by atoms with E-state index in [2.05, 4.69) is 10.3 Å². The van der Waals surface area contributed by atoms with Crippen molar-refractivity contribution in [2.45, 2.75) is 13.3 Å². The second-order valence-electron chi connectivity index (χ2n) is 3.84. The van der Waals surface area contributed by atoms with Crippen molar-refractivity contribution in [3.8, 4) is 5.88 Å². The van der Waals surface area contributed by atoms with Crippen molar-refractivity contribution in [2.75, 3.05) is 19.7 Å². The van der Waals surface area contributed by atoms with E-state index in [0.717, 1.165) is 25.6 Å². The minimum atomic E-state index is 0.651. The van der Waals surface area contributed by atoms with Gasteiger partial charge in [0.25, 0.3) is 0 Å². The van der Waals surface area contributed by atoms with Crippen LogP contribution in [0.2, 0.25) is 0 Å². The van der Waals surface area contributed by atoms with E-state index in [0.29, 0.717) is 5.92 Å². The van der Waals surface area contributed by atoms with Crippen molar-refractivity contribution < 1.29 is 4.74 Å². The van der Waals surface area contributed by atoms with Gasteiger partial charge in [0.2, 0.25) is 5.88 Å². The molecule has 0 spiro atoms. The number of ether oxygens (including phenoxy) is 1. The van der Waals surface area contributed by atoms with Gasteiger partial charge in [-0.05, 0) is 25.5 Å². The van der Waals surface area contributed by atoms with Crippen molar-refractivity contribution in [1.29, 1.82) is 0 Å². The fraction of sp³-hybridized carbons (Fsp3) is 0.545. The Labute approximate surface area is 84.5 Å². The Morgan fingerprint density at radius 2 is 2.50 bits per heavy atom. The quantitative estimate of drug-likeness (QED) is 0.785. The van der Waals surface area contributed by atoms with Gasteiger partial charge in [-0.15, -0.1) is 0 Å². The molecule has 2 rings (SSSR count). The summed E-state index contributed by atoms with van der Waals surface area (Å²) in [6.07, 6.45) is 3.05. The van der Waals surface area contributed by atoms with Crippen molar-refractivity contribution >= 4 is 0 Å². The van der Waals surface area contributed by atoms with Crippen LogP contribution in [0.1, 0.15) is 12.0 Å². The van der Waals surface area contributed by atoms with E-state index in [1.54, 1.807) is 0 Å². The summed E-state index contributed by atoms with van der Waals surface area (Å²) in [4.78, 5) is 4.20. The fourth-order valence-electron chi connectivity index (χ4n) is 1.60. The second kappa shape index (κ2) is 4.42. The maximum absolute atomic E-state index is 5.59. The number of aryl methyl sites for hydroxylation is 1. The van der Waals surface area contributed by atoms with Crippen molar-refractivity contribution in [3.05, 3.63) is 23.9 Å². The van der Waals surface area contributed by atoms with E-state index in [-0.39, 0.29) is 0 Å². The highest BCUT2D eigenvalue weighted by Crippen LogP contribution is 2.11. The zero-order valence-corrected chi connectivity index (χ0v) is 8.49. The second-order valence-corrected chi connectivity index (χ2v) is 3.84. The molecule has 1 fully saturated rings. The van der Waals surface area contributed by atoms with Crippen LogP contribution >= 0.6 is 0 Å². The van der Waals surface area contributed by atoms with E-state index in [9.17, 15) is 0 Å². The Hall–Kier alpha value is -1.09. The van der Waals surface area contributed by atoms with E-state index in [1.165, 1.54) is 12.0 Å². The van der Waals surface area contributed by atoms with Crippen molar-refractivity contribution in [1.82, 2.24) is 10.3 Å². The van der Waals surface area contributed by atoms with Gasteiger partial charge in [0.1, 0.15) is 0 Å². The van der Waals surface area contributed by atoms with Gasteiger partial charge in [-0.25, -0.2) is 4.98 Å². The Morgan fingerprint density at radius 3 is 3.14 bits per heavy atom. The largest absolute Gasteiger partial charge is 0.477 e. The lowest BCUT2D eigenvalue weighted by atomic mass is 10.1. The number of aromatic nitrogens is 1. The first-order valence-electron chi connectivity index (χ1n) is 5.11. The van der Waals surface area contributed by atoms with E-state index < -0.39 is 0 Å². The third-order valence-electron chi connectivity index (χ3n) is 2.51. The molecule has 0 radical (unpaired) electrons. The molecule has 1 N–H and O–H groups in total. The third kappa shape index (κ3) is 2.45. The Bertz CT molecular complexity index is 278. The zero-order chi connectivity index (χ0) is 9.80. The summed E-state index contributed by atoms with van der Waals surface area (Å²) in [6.45, 7) is 5.00. The monoisotopic (exact) mass is 192 g/mol. The number of nitrogens with zero attached hydrogens (tertiary/aromatic N) is 1. The number of nitrogens with one attached hydrogen (secondary N) is 1. The molecule has 1 atom stereocenters. The SMILES string of the molecule is Cc1ccc(OC[C@@H]2CCNC2)nc1. The minimum Gasteiger partial charge on any atom is -0.477 e. The van der Waals surface area contributed by atoms with Crippen LogP contribution in [0, 0.1) is 12.8 Å². The highest BCUT2D eigenvalue weighted by Gasteiger charge is 2.14. The van der Waals surface area contributed by atoms with Crippen LogP contribution in [0.5, 0.6) is 5.88 Å². The molecule has 76 valence electrons. The molecule has 1 aliphatic heterocycles. The number of hydrogen-bond donors (Lipinski definition) is 1. The van der Waals surface area contributed by atoms with Crippen molar-refractivity contribution in [2.24, 2.45) is 5.92 Å². The molecule has 1 aliphatic rings. The molecule has 0 unspecified atom stereocenters. The molecule has 0 aromatic carbocycles. The molecule has 14 heavy (non-hydrogen) atoms. The Kier molecular flexibility index (Phi) is 2.99. The summed E-state index contributed by atoms with van der Waals surface area (Å²) in [6, 6.07) is 3.95. The predicted molar refractivity (Wildman–Crippen MR) is 55.4 cm³/mol. The lowest BCUT2D eigenvalue weighted by Crippen LogP contribution is -2.15. The summed E-state index contributed by atoms with van der Waals surface area (Å²) >= 11 is 0. The summed E-state index contributed by atoms with van der Waals surface area (Å²) in [5.74, 6) is 1.39. The molecular weight excluding hydrogens is 176 g/mol. The van der Waals surface area contributed by atoms with Gasteiger partial charge in [0.15, 0.2) is 0 Å². The first-order valence-corrected chi connectivity index (χ1v) is 5.11. The lowest BCUT2D eigenvalue weighted by Gasteiger charge is -2.09. The summed E-state index contributed by atoms with van der Waals surface area (Å²) in [5.41, 5.74) is 1.17. The Balaban J connectivity index is 1.82. The molecule has 0 aliphatic carbocycles. The predicted octanol–water partition coefficient (Wildman–Crippen LogP) is 1.38. The first kappa shape index (κ1) is 9.46. The van der Waals surface area contributed by atoms with Gasteiger partial charge >= 0.3 is 0 Å². The van der Waals surface area contributed by atoms with Gasteiger partial charge in [-0.2, -0.15) is 0 Å². The Morgan fingerprint density at radius 1 is 1.57 bits per heavy atom. The van der Waals surface area contributed by atoms with Crippen LogP contribution in [0.15, 0.2) is 18.3 Å². The van der Waals surface area contributed by atoms with E-state index in [1.807, 2.05) is 25.3 Å². The van der Waals surface area contributed by atoms with Gasteiger partial charge in [0, 0.05) is 24.7 Å². The zero-order valence-electron chi connectivity index (χ0n) is 8.49. The van der Waals surface area contributed by atoms with Crippen LogP contribution in [-0.4, -0.2) is 24.7 Å². The minimum absolute atomic E-state index is 0.651. The van der Waals surface area contributed by atoms with Crippen LogP contribution in [0.3, 0.4) is 0 Å². The topological polar surface area (TPSA) is 34.1 Å². The van der Waals surface area contributed by atoms with E-state index >= 15 is 0 Å². The molecule has 2 heterocycles. The molecule has 0 bridgehead atoms. The molecule has 0 amide bonds. The summed E-state index contributed by atoms with van der Waals surface area (Å²) < 4.78 is 5.59. The van der Waals surface area contributed by atoms with Crippen LogP contribution in [-0.2, 0) is 0 Å². The number of hydrogen-bond acceptors (Lipinski definition) is 3. The molecule has 3 nitrogen and oxygen atoms in total. The molecular formula is C11H16N2O. The van der Waals surface area contributed by atoms with Gasteiger partial charge in [-0.1, -0.05) is 6.07 Å². The first-order chi connectivity index (χ1) is 6.84. The number of rotatable bonds is 3. The average Bonchev–Trinajstić information content (AvgIpc) is 2.70. The van der Waals surface area contributed by atoms with Crippen LogP contribution in [0.25, 0.3) is 0 Å². The van der Waals surface area contributed by atoms with Crippen molar-refractivity contribution in [3.63, 3.8) is 0 Å². The molecule has 1 saturated heterocycles. The van der Waals surface area contributed by atoms with Crippen LogP contribution < -0.4 is 10.1 Å². The average molecular weight is 192 g/mol. The standard InChI is InChI=1S/C11H16N2O/c1-9-2-3-11(13-6-9)14-8-10-4-5-12-7-10/h2-3,6,10,12H,4-5,7-8H2,1H3/t10-/m1/s1. The highest BCUT2D eigenvalue weighted by molar-refractivity contribution is 5.16. The number of pyridine rings is 1. The third-order valence-corrected chi connectivity index (χ3v) is 2.51. The van der Waals surface area contributed by atoms with Crippen LogP contribution in [0.4, 0.5) is 0 Å². The fourth-order valence-corrected chi connectivity index (χ4v) is 1.60. The maximum atomic E-state index is 5.59. The summed E-state index contributed by atoms with van der Waals surface area (Å²) in [7, 11) is 0. The van der Waals surface area contributed by atoms with Gasteiger partial charge < -0.3 is 10.1 Å². The van der Waals surface area contributed by atoms with E-state index in [4.69, 9.17) is 4.74 Å². The van der Waals surface area contributed by atoms with Gasteiger partial charge in [0.05, 0.1) is 6.61 Å². The van der Waals surface area contributed by atoms with Gasteiger partial charge in [-0.3, -0.25) is 0 Å².